The molecule has 2 aliphatic heterocycles. The maximum atomic E-state index is 12.9. The average Bonchev–Trinajstić information content (AvgIpc) is 3.39. The number of hydrogen-bond acceptors (Lipinski definition) is 5. The van der Waals surface area contributed by atoms with Crippen LogP contribution in [0.25, 0.3) is 5.65 Å². The third-order valence-electron chi connectivity index (χ3n) is 5.04. The topological polar surface area (TPSA) is 73.9 Å². The predicted molar refractivity (Wildman–Crippen MR) is 96.8 cm³/mol. The molecular weight excluding hydrogens is 370 g/mol. The smallest absolute Gasteiger partial charge is 0.274 e. The number of aromatic nitrogens is 4. The highest BCUT2D eigenvalue weighted by atomic mass is 35.5. The van der Waals surface area contributed by atoms with Gasteiger partial charge in [-0.1, -0.05) is 11.6 Å². The molecular formula is C18H18ClN5O3. The van der Waals surface area contributed by atoms with Crippen molar-refractivity contribution >= 4 is 23.2 Å². The molecule has 5 heterocycles. The zero-order valence-electron chi connectivity index (χ0n) is 14.4. The van der Waals surface area contributed by atoms with Crippen LogP contribution in [0.5, 0.6) is 0 Å². The summed E-state index contributed by atoms with van der Waals surface area (Å²) < 4.78 is 15.7. The first-order valence-electron chi connectivity index (χ1n) is 8.83. The lowest BCUT2D eigenvalue weighted by molar-refractivity contribution is -0.00461. The zero-order valence-corrected chi connectivity index (χ0v) is 15.2. The number of carbonyl (C=O) groups is 1. The quantitative estimate of drug-likeness (QED) is 0.668. The lowest BCUT2D eigenvalue weighted by atomic mass is 10.3. The summed E-state index contributed by atoms with van der Waals surface area (Å²) >= 11 is 6.00. The number of rotatable bonds is 2. The second-order valence-corrected chi connectivity index (χ2v) is 7.27. The van der Waals surface area contributed by atoms with E-state index in [0.717, 1.165) is 0 Å². The Labute approximate surface area is 160 Å². The zero-order chi connectivity index (χ0) is 18.4. The van der Waals surface area contributed by atoms with Crippen molar-refractivity contribution in [3.05, 3.63) is 53.7 Å². The lowest BCUT2D eigenvalue weighted by Gasteiger charge is -2.18. The molecule has 2 fully saturated rings. The molecule has 0 aromatic carbocycles. The summed E-state index contributed by atoms with van der Waals surface area (Å²) in [4.78, 5) is 19.0. The Morgan fingerprint density at radius 3 is 2.63 bits per heavy atom. The third-order valence-corrected chi connectivity index (χ3v) is 5.26. The van der Waals surface area contributed by atoms with E-state index in [1.165, 1.54) is 0 Å². The molecule has 0 aliphatic carbocycles. The van der Waals surface area contributed by atoms with Crippen molar-refractivity contribution in [2.45, 2.75) is 18.2 Å². The number of amides is 1. The second kappa shape index (κ2) is 6.63. The van der Waals surface area contributed by atoms with Crippen LogP contribution in [0.4, 0.5) is 0 Å². The van der Waals surface area contributed by atoms with Crippen LogP contribution in [-0.2, 0) is 9.47 Å². The number of ether oxygens (including phenoxy) is 2. The number of carbonyl (C=O) groups excluding carboxylic acids is 1. The Bertz CT molecular complexity index is 957. The average molecular weight is 388 g/mol. The van der Waals surface area contributed by atoms with E-state index in [1.54, 1.807) is 40.0 Å². The Morgan fingerprint density at radius 1 is 1.15 bits per heavy atom. The number of hydrogen-bond donors (Lipinski definition) is 0. The molecule has 3 aromatic heterocycles. The van der Waals surface area contributed by atoms with Gasteiger partial charge >= 0.3 is 0 Å². The monoisotopic (exact) mass is 387 g/mol. The van der Waals surface area contributed by atoms with E-state index >= 15 is 0 Å². The van der Waals surface area contributed by atoms with E-state index < -0.39 is 0 Å². The molecule has 8 nitrogen and oxygen atoms in total. The van der Waals surface area contributed by atoms with Crippen molar-refractivity contribution in [1.29, 1.82) is 0 Å². The van der Waals surface area contributed by atoms with E-state index in [1.807, 2.05) is 16.9 Å². The first-order chi connectivity index (χ1) is 13.2. The number of pyridine rings is 1. The molecule has 0 saturated carbocycles. The molecule has 3 aromatic rings. The van der Waals surface area contributed by atoms with E-state index in [4.69, 9.17) is 21.1 Å². The van der Waals surface area contributed by atoms with Crippen molar-refractivity contribution in [2.24, 2.45) is 0 Å². The molecule has 1 amide bonds. The first-order valence-corrected chi connectivity index (χ1v) is 9.21. The van der Waals surface area contributed by atoms with Crippen LogP contribution in [0.1, 0.15) is 16.5 Å². The molecule has 0 unspecified atom stereocenters. The first kappa shape index (κ1) is 16.7. The van der Waals surface area contributed by atoms with Gasteiger partial charge in [-0.05, 0) is 18.2 Å². The minimum atomic E-state index is -0.138. The lowest BCUT2D eigenvalue weighted by Crippen LogP contribution is -2.31. The Kier molecular flexibility index (Phi) is 4.11. The van der Waals surface area contributed by atoms with Crippen molar-refractivity contribution in [3.8, 4) is 0 Å². The molecule has 0 spiro atoms. The van der Waals surface area contributed by atoms with Gasteiger partial charge in [0, 0.05) is 37.9 Å². The second-order valence-electron chi connectivity index (χ2n) is 6.83. The highest BCUT2D eigenvalue weighted by Crippen LogP contribution is 2.25. The van der Waals surface area contributed by atoms with Gasteiger partial charge in [-0.3, -0.25) is 9.48 Å². The van der Waals surface area contributed by atoms with Gasteiger partial charge in [0.05, 0.1) is 24.3 Å². The number of likely N-dealkylation sites (tertiary alicyclic amines) is 1. The van der Waals surface area contributed by atoms with Crippen molar-refractivity contribution in [3.63, 3.8) is 0 Å². The van der Waals surface area contributed by atoms with E-state index in [9.17, 15) is 4.79 Å². The highest BCUT2D eigenvalue weighted by Gasteiger charge is 2.40. The van der Waals surface area contributed by atoms with Gasteiger partial charge in [-0.25, -0.2) is 4.98 Å². The summed E-state index contributed by atoms with van der Waals surface area (Å²) in [7, 11) is 0. The van der Waals surface area contributed by atoms with Gasteiger partial charge in [-0.2, -0.15) is 5.10 Å². The van der Waals surface area contributed by atoms with E-state index in [2.05, 4.69) is 10.1 Å². The molecule has 0 radical (unpaired) electrons. The highest BCUT2D eigenvalue weighted by molar-refractivity contribution is 6.30. The molecule has 9 heteroatoms. The fourth-order valence-electron chi connectivity index (χ4n) is 3.63. The van der Waals surface area contributed by atoms with Crippen LogP contribution in [0.15, 0.2) is 43.0 Å². The van der Waals surface area contributed by atoms with Crippen molar-refractivity contribution < 1.29 is 14.3 Å². The minimum Gasteiger partial charge on any atom is -0.371 e. The van der Waals surface area contributed by atoms with Crippen LogP contribution < -0.4 is 0 Å². The summed E-state index contributed by atoms with van der Waals surface area (Å²) in [6.07, 6.45) is 6.81. The van der Waals surface area contributed by atoms with Gasteiger partial charge in [0.2, 0.25) is 0 Å². The summed E-state index contributed by atoms with van der Waals surface area (Å²) in [5, 5.41) is 4.85. The molecule has 0 bridgehead atoms. The van der Waals surface area contributed by atoms with Gasteiger partial charge in [0.15, 0.2) is 0 Å². The van der Waals surface area contributed by atoms with Crippen molar-refractivity contribution in [2.75, 3.05) is 26.3 Å². The molecule has 0 N–H and O–H groups in total. The van der Waals surface area contributed by atoms with Crippen LogP contribution in [-0.4, -0.2) is 68.5 Å². The van der Waals surface area contributed by atoms with Crippen LogP contribution >= 0.6 is 11.6 Å². The fraction of sp³-hybridized carbons (Fsp3) is 0.389. The van der Waals surface area contributed by atoms with Gasteiger partial charge in [0.25, 0.3) is 5.91 Å². The summed E-state index contributed by atoms with van der Waals surface area (Å²) in [5.41, 5.74) is 1.08. The number of imidazole rings is 1. The molecule has 2 saturated heterocycles. The van der Waals surface area contributed by atoms with Gasteiger partial charge < -0.3 is 18.8 Å². The largest absolute Gasteiger partial charge is 0.371 e. The summed E-state index contributed by atoms with van der Waals surface area (Å²) in [6, 6.07) is 5.48. The number of fused-ring (bicyclic) bond motifs is 2. The SMILES string of the molecule is O=C(c1cn2cc(Cl)ccc2n1)N1C[C@@H]2OCC(n3cccn3)CO[C@H]2C1. The third kappa shape index (κ3) is 3.09. The molecule has 27 heavy (non-hydrogen) atoms. The summed E-state index contributed by atoms with van der Waals surface area (Å²) in [6.45, 7) is 2.00. The Morgan fingerprint density at radius 2 is 1.93 bits per heavy atom. The molecule has 2 atom stereocenters. The number of halogens is 1. The minimum absolute atomic E-state index is 0.0536. The Hall–Kier alpha value is -2.42. The van der Waals surface area contributed by atoms with Crippen LogP contribution in [0, 0.1) is 0 Å². The van der Waals surface area contributed by atoms with Crippen molar-refractivity contribution in [1.82, 2.24) is 24.1 Å². The molecule has 2 aliphatic rings. The van der Waals surface area contributed by atoms with E-state index in [-0.39, 0.29) is 24.2 Å². The van der Waals surface area contributed by atoms with E-state index in [0.29, 0.717) is 42.7 Å². The van der Waals surface area contributed by atoms with Crippen LogP contribution in [0.3, 0.4) is 0 Å². The molecule has 140 valence electrons. The normalized spacial score (nSPS) is 23.5. The maximum absolute atomic E-state index is 12.9. The fourth-order valence-corrected chi connectivity index (χ4v) is 3.79. The standard InChI is InChI=1S/C18H18ClN5O3/c19-12-2-3-17-21-14(7-22(17)6-12)18(25)23-8-15-16(9-23)27-11-13(10-26-15)24-5-1-4-20-24/h1-7,13,15-16H,8-11H2/t15-,16-/m0/s1. The Balaban J connectivity index is 1.28. The van der Waals surface area contributed by atoms with Gasteiger partial charge in [-0.15, -0.1) is 0 Å². The molecule has 5 rings (SSSR count). The maximum Gasteiger partial charge on any atom is 0.274 e. The van der Waals surface area contributed by atoms with Gasteiger partial charge in [0.1, 0.15) is 23.5 Å². The summed E-state index contributed by atoms with van der Waals surface area (Å²) in [5.74, 6) is -0.126. The predicted octanol–water partition coefficient (Wildman–Crippen LogP) is 1.67. The van der Waals surface area contributed by atoms with Crippen LogP contribution in [0.2, 0.25) is 5.02 Å². The number of nitrogens with zero attached hydrogens (tertiary/aromatic N) is 5.